The summed E-state index contributed by atoms with van der Waals surface area (Å²) in [5.74, 6) is -1.31. The molecule has 0 saturated carbocycles. The number of carbonyl (C=O) groups is 2. The van der Waals surface area contributed by atoms with Crippen LogP contribution in [0.5, 0.6) is 0 Å². The van der Waals surface area contributed by atoms with Crippen LogP contribution >= 0.6 is 0 Å². The molecule has 2 aromatic heterocycles. The van der Waals surface area contributed by atoms with Crippen molar-refractivity contribution in [3.63, 3.8) is 0 Å². The topological polar surface area (TPSA) is 178 Å². The number of nitrogens with one attached hydrogen (secondary N) is 4. The van der Waals surface area contributed by atoms with Gasteiger partial charge < -0.3 is 21.1 Å². The monoisotopic (exact) mass is 399 g/mol. The maximum Gasteiger partial charge on any atom is 0.274 e. The van der Waals surface area contributed by atoms with Gasteiger partial charge in [-0.05, 0) is 6.92 Å². The molecule has 12 heteroatoms. The lowest BCUT2D eigenvalue weighted by Crippen LogP contribution is -2.47. The Bertz CT molecular complexity index is 916. The number of aliphatic hydroxyl groups excluding tert-OH is 1. The fraction of sp³-hybridized carbons (Fsp3) is 0.294. The van der Waals surface area contributed by atoms with Gasteiger partial charge in [0.1, 0.15) is 18.1 Å². The van der Waals surface area contributed by atoms with Gasteiger partial charge in [0.05, 0.1) is 36.1 Å². The van der Waals surface area contributed by atoms with Gasteiger partial charge in [0.25, 0.3) is 11.8 Å². The van der Waals surface area contributed by atoms with Gasteiger partial charge in [0, 0.05) is 20.3 Å². The highest BCUT2D eigenvalue weighted by atomic mass is 16.3. The average Bonchev–Trinajstić information content (AvgIpc) is 2.73. The molecule has 2 aromatic rings. The first-order valence-electron chi connectivity index (χ1n) is 8.48. The highest BCUT2D eigenvalue weighted by molar-refractivity contribution is 6.42. The number of hydrogen-bond acceptors (Lipinski definition) is 10. The fourth-order valence-electron chi connectivity index (χ4n) is 2.17. The van der Waals surface area contributed by atoms with Crippen molar-refractivity contribution in [1.29, 1.82) is 5.41 Å². The number of hydrogen-bond donors (Lipinski definition) is 5. The van der Waals surface area contributed by atoms with Gasteiger partial charge in [-0.3, -0.25) is 20.0 Å². The van der Waals surface area contributed by atoms with Gasteiger partial charge in [-0.15, -0.1) is 0 Å². The molecule has 2 amide bonds. The predicted molar refractivity (Wildman–Crippen MR) is 105 cm³/mol. The Hall–Kier alpha value is -3.80. The summed E-state index contributed by atoms with van der Waals surface area (Å²) >= 11 is 0. The number of anilines is 2. The molecule has 2 unspecified atom stereocenters. The Kier molecular flexibility index (Phi) is 7.37. The van der Waals surface area contributed by atoms with E-state index in [2.05, 4.69) is 40.9 Å². The number of amides is 2. The van der Waals surface area contributed by atoms with E-state index in [-0.39, 0.29) is 17.2 Å². The van der Waals surface area contributed by atoms with Crippen LogP contribution in [0.3, 0.4) is 0 Å². The second kappa shape index (κ2) is 9.94. The molecule has 0 aliphatic heterocycles. The van der Waals surface area contributed by atoms with Gasteiger partial charge in [0.2, 0.25) is 0 Å². The minimum atomic E-state index is -1.09. The van der Waals surface area contributed by atoms with E-state index >= 15 is 0 Å². The summed E-state index contributed by atoms with van der Waals surface area (Å²) in [6.45, 7) is 1.48. The van der Waals surface area contributed by atoms with Crippen molar-refractivity contribution in [1.82, 2.24) is 30.6 Å². The Morgan fingerprint density at radius 1 is 1.28 bits per heavy atom. The third-order valence-electron chi connectivity index (χ3n) is 3.62. The second-order valence-electron chi connectivity index (χ2n) is 5.77. The van der Waals surface area contributed by atoms with Gasteiger partial charge in [-0.2, -0.15) is 0 Å². The summed E-state index contributed by atoms with van der Waals surface area (Å²) in [4.78, 5) is 44.5. The highest BCUT2D eigenvalue weighted by Gasteiger charge is 2.25. The SMILES string of the molecule is CN=CC(NC(=O)c1nc(C(C)O)cnc1Nc1cncnc1)C(=N)C(=O)NC. The lowest BCUT2D eigenvalue weighted by Gasteiger charge is -2.17. The number of aliphatic hydroxyl groups is 1. The van der Waals surface area contributed by atoms with Gasteiger partial charge >= 0.3 is 0 Å². The largest absolute Gasteiger partial charge is 0.387 e. The van der Waals surface area contributed by atoms with Gasteiger partial charge in [0.15, 0.2) is 11.5 Å². The molecule has 0 saturated heterocycles. The maximum absolute atomic E-state index is 12.9. The number of nitrogens with zero attached hydrogens (tertiary/aromatic N) is 5. The standard InChI is InChI=1S/C17H21N9O3/c1-9(27)11-7-23-15(24-10-4-21-8-22-5-10)14(25-11)17(29)26-12(6-19-2)13(18)16(28)20-3/h4-9,12,18,27H,1-3H3,(H,20,28)(H,23,24)(H,26,29). The zero-order chi connectivity index (χ0) is 21.4. The molecule has 2 rings (SSSR count). The quantitative estimate of drug-likeness (QED) is 0.373. The van der Waals surface area contributed by atoms with Crippen molar-refractivity contribution in [3.8, 4) is 0 Å². The molecular formula is C17H21N9O3. The molecule has 0 aromatic carbocycles. The summed E-state index contributed by atoms with van der Waals surface area (Å²) in [6.07, 6.45) is 5.92. The van der Waals surface area contributed by atoms with Crippen molar-refractivity contribution in [2.24, 2.45) is 4.99 Å². The van der Waals surface area contributed by atoms with Crippen LogP contribution in [0.4, 0.5) is 11.5 Å². The molecule has 152 valence electrons. The third kappa shape index (κ3) is 5.59. The Morgan fingerprint density at radius 2 is 1.97 bits per heavy atom. The van der Waals surface area contributed by atoms with Crippen LogP contribution in [0, 0.1) is 5.41 Å². The zero-order valence-electron chi connectivity index (χ0n) is 16.0. The minimum Gasteiger partial charge on any atom is -0.387 e. The van der Waals surface area contributed by atoms with Crippen molar-refractivity contribution in [2.75, 3.05) is 19.4 Å². The van der Waals surface area contributed by atoms with Crippen LogP contribution < -0.4 is 16.0 Å². The number of rotatable bonds is 8. The number of aliphatic imine (C=N–C) groups is 1. The average molecular weight is 399 g/mol. The summed E-state index contributed by atoms with van der Waals surface area (Å²) in [7, 11) is 2.83. The fourth-order valence-corrected chi connectivity index (χ4v) is 2.17. The second-order valence-corrected chi connectivity index (χ2v) is 5.77. The molecular weight excluding hydrogens is 378 g/mol. The van der Waals surface area contributed by atoms with E-state index in [1.165, 1.54) is 52.2 Å². The Labute approximate surface area is 166 Å². The third-order valence-corrected chi connectivity index (χ3v) is 3.62. The molecule has 29 heavy (non-hydrogen) atoms. The molecule has 0 fully saturated rings. The first-order valence-corrected chi connectivity index (χ1v) is 8.48. The predicted octanol–water partition coefficient (Wildman–Crippen LogP) is -0.372. The van der Waals surface area contributed by atoms with E-state index in [0.29, 0.717) is 5.69 Å². The summed E-state index contributed by atoms with van der Waals surface area (Å²) < 4.78 is 0. The van der Waals surface area contributed by atoms with Crippen molar-refractivity contribution in [2.45, 2.75) is 19.1 Å². The van der Waals surface area contributed by atoms with E-state index in [1.807, 2.05) is 0 Å². The van der Waals surface area contributed by atoms with E-state index < -0.39 is 29.7 Å². The normalized spacial score (nSPS) is 12.8. The Morgan fingerprint density at radius 3 is 2.55 bits per heavy atom. The number of carbonyl (C=O) groups excluding carboxylic acids is 2. The molecule has 5 N–H and O–H groups in total. The van der Waals surface area contributed by atoms with Crippen LogP contribution in [-0.2, 0) is 4.79 Å². The molecule has 0 aliphatic rings. The minimum absolute atomic E-state index is 0.0837. The molecule has 2 heterocycles. The van der Waals surface area contributed by atoms with Gasteiger partial charge in [-0.1, -0.05) is 0 Å². The highest BCUT2D eigenvalue weighted by Crippen LogP contribution is 2.18. The first kappa shape index (κ1) is 21.5. The van der Waals surface area contributed by atoms with E-state index in [1.54, 1.807) is 0 Å². The van der Waals surface area contributed by atoms with Crippen molar-refractivity contribution in [3.05, 3.63) is 36.3 Å². The maximum atomic E-state index is 12.9. The van der Waals surface area contributed by atoms with Crippen molar-refractivity contribution >= 4 is 35.2 Å². The van der Waals surface area contributed by atoms with E-state index in [0.717, 1.165) is 0 Å². The summed E-state index contributed by atoms with van der Waals surface area (Å²) in [6, 6.07) is -1.09. The van der Waals surface area contributed by atoms with E-state index in [4.69, 9.17) is 5.41 Å². The first-order chi connectivity index (χ1) is 13.9. The Balaban J connectivity index is 2.38. The molecule has 0 spiro atoms. The summed E-state index contributed by atoms with van der Waals surface area (Å²) in [5.41, 5.74) is 0.0843. The molecule has 0 bridgehead atoms. The lowest BCUT2D eigenvalue weighted by atomic mass is 10.1. The van der Waals surface area contributed by atoms with Crippen LogP contribution in [0.25, 0.3) is 0 Å². The summed E-state index contributed by atoms with van der Waals surface area (Å²) in [5, 5.41) is 25.4. The van der Waals surface area contributed by atoms with E-state index in [9.17, 15) is 14.7 Å². The molecule has 12 nitrogen and oxygen atoms in total. The molecule has 2 atom stereocenters. The van der Waals surface area contributed by atoms with Crippen LogP contribution in [0.1, 0.15) is 29.2 Å². The van der Waals surface area contributed by atoms with Crippen LogP contribution in [-0.4, -0.2) is 68.9 Å². The van der Waals surface area contributed by atoms with Gasteiger partial charge in [-0.25, -0.2) is 19.9 Å². The van der Waals surface area contributed by atoms with Crippen molar-refractivity contribution < 1.29 is 14.7 Å². The van der Waals surface area contributed by atoms with Crippen LogP contribution in [0.2, 0.25) is 0 Å². The molecule has 0 radical (unpaired) electrons. The zero-order valence-corrected chi connectivity index (χ0v) is 16.0. The molecule has 0 aliphatic carbocycles. The smallest absolute Gasteiger partial charge is 0.274 e. The number of aromatic nitrogens is 4. The van der Waals surface area contributed by atoms with Crippen LogP contribution in [0.15, 0.2) is 29.9 Å². The lowest BCUT2D eigenvalue weighted by molar-refractivity contribution is -0.114.